The van der Waals surface area contributed by atoms with E-state index in [4.69, 9.17) is 14.7 Å². The average molecular weight is 364 g/mol. The zero-order valence-electron chi connectivity index (χ0n) is 14.8. The first kappa shape index (κ1) is 18.5. The van der Waals surface area contributed by atoms with E-state index in [0.29, 0.717) is 11.3 Å². The Morgan fingerprint density at radius 1 is 1.11 bits per heavy atom. The van der Waals surface area contributed by atoms with Gasteiger partial charge in [0.25, 0.3) is 5.91 Å². The Labute approximate surface area is 157 Å². The van der Waals surface area contributed by atoms with Crippen molar-refractivity contribution in [1.29, 1.82) is 5.26 Å². The first-order chi connectivity index (χ1) is 13.2. The highest BCUT2D eigenvalue weighted by Crippen LogP contribution is 2.29. The number of nitrogens with zero attached hydrogens (tertiary/aromatic N) is 1. The zero-order valence-corrected chi connectivity index (χ0v) is 14.8. The molecule has 138 valence electrons. The number of amides is 1. The van der Waals surface area contributed by atoms with E-state index in [-0.39, 0.29) is 25.2 Å². The van der Waals surface area contributed by atoms with Crippen molar-refractivity contribution in [3.63, 3.8) is 0 Å². The SMILES string of the molecule is N#Cc1ccccc1OCC(=O)OCC(=O)N[C@@H]1CCCc2ccccc21. The van der Waals surface area contributed by atoms with Crippen LogP contribution < -0.4 is 10.1 Å². The van der Waals surface area contributed by atoms with Gasteiger partial charge < -0.3 is 14.8 Å². The highest BCUT2D eigenvalue weighted by atomic mass is 16.6. The minimum Gasteiger partial charge on any atom is -0.481 e. The Hall–Kier alpha value is -3.33. The third kappa shape index (κ3) is 4.85. The van der Waals surface area contributed by atoms with E-state index in [0.717, 1.165) is 24.8 Å². The fourth-order valence-corrected chi connectivity index (χ4v) is 3.15. The molecule has 0 aromatic heterocycles. The minimum absolute atomic E-state index is 0.0556. The van der Waals surface area contributed by atoms with Crippen LogP contribution in [0.1, 0.15) is 35.6 Å². The molecule has 0 heterocycles. The summed E-state index contributed by atoms with van der Waals surface area (Å²) in [6.45, 7) is -0.723. The molecular formula is C21H20N2O4. The van der Waals surface area contributed by atoms with Crippen LogP contribution in [0.4, 0.5) is 0 Å². The summed E-state index contributed by atoms with van der Waals surface area (Å²) >= 11 is 0. The molecule has 0 unspecified atom stereocenters. The average Bonchev–Trinajstić information content (AvgIpc) is 2.71. The highest BCUT2D eigenvalue weighted by molar-refractivity contribution is 5.81. The Morgan fingerprint density at radius 3 is 2.74 bits per heavy atom. The van der Waals surface area contributed by atoms with Crippen molar-refractivity contribution in [2.75, 3.05) is 13.2 Å². The summed E-state index contributed by atoms with van der Waals surface area (Å²) < 4.78 is 10.3. The number of rotatable bonds is 6. The monoisotopic (exact) mass is 364 g/mol. The quantitative estimate of drug-likeness (QED) is 0.796. The summed E-state index contributed by atoms with van der Waals surface area (Å²) in [6, 6.07) is 16.6. The molecule has 1 amide bonds. The van der Waals surface area contributed by atoms with Gasteiger partial charge in [0, 0.05) is 0 Å². The van der Waals surface area contributed by atoms with E-state index in [9.17, 15) is 9.59 Å². The fraction of sp³-hybridized carbons (Fsp3) is 0.286. The maximum atomic E-state index is 12.1. The summed E-state index contributed by atoms with van der Waals surface area (Å²) in [5.74, 6) is -0.704. The zero-order chi connectivity index (χ0) is 19.1. The number of fused-ring (bicyclic) bond motifs is 1. The molecule has 3 rings (SSSR count). The van der Waals surface area contributed by atoms with Crippen LogP contribution in [0.15, 0.2) is 48.5 Å². The van der Waals surface area contributed by atoms with Crippen molar-refractivity contribution in [3.05, 3.63) is 65.2 Å². The lowest BCUT2D eigenvalue weighted by Gasteiger charge is -2.26. The van der Waals surface area contributed by atoms with Crippen molar-refractivity contribution in [3.8, 4) is 11.8 Å². The lowest BCUT2D eigenvalue weighted by molar-refractivity contribution is -0.150. The molecule has 1 aliphatic carbocycles. The molecule has 1 N–H and O–H groups in total. The predicted molar refractivity (Wildman–Crippen MR) is 97.9 cm³/mol. The number of esters is 1. The summed E-state index contributed by atoms with van der Waals surface area (Å²) in [6.07, 6.45) is 2.89. The van der Waals surface area contributed by atoms with Crippen molar-refractivity contribution in [1.82, 2.24) is 5.32 Å². The van der Waals surface area contributed by atoms with Crippen molar-refractivity contribution in [2.45, 2.75) is 25.3 Å². The number of carbonyl (C=O) groups excluding carboxylic acids is 2. The third-order valence-corrected chi connectivity index (χ3v) is 4.42. The smallest absolute Gasteiger partial charge is 0.344 e. The number of aryl methyl sites for hydroxylation is 1. The van der Waals surface area contributed by atoms with E-state index in [1.807, 2.05) is 24.3 Å². The van der Waals surface area contributed by atoms with Gasteiger partial charge in [0.2, 0.25) is 0 Å². The fourth-order valence-electron chi connectivity index (χ4n) is 3.15. The number of hydrogen-bond acceptors (Lipinski definition) is 5. The predicted octanol–water partition coefficient (Wildman–Crippen LogP) is 2.67. The number of para-hydroxylation sites is 1. The molecule has 0 radical (unpaired) electrons. The van der Waals surface area contributed by atoms with Gasteiger partial charge >= 0.3 is 5.97 Å². The Morgan fingerprint density at radius 2 is 1.89 bits per heavy atom. The van der Waals surface area contributed by atoms with E-state index in [2.05, 4.69) is 11.4 Å². The molecule has 2 aromatic carbocycles. The van der Waals surface area contributed by atoms with E-state index in [1.54, 1.807) is 24.3 Å². The van der Waals surface area contributed by atoms with Crippen LogP contribution in [0.3, 0.4) is 0 Å². The number of carbonyl (C=O) groups is 2. The summed E-state index contributed by atoms with van der Waals surface area (Å²) in [5, 5.41) is 11.9. The second-order valence-corrected chi connectivity index (χ2v) is 6.27. The minimum atomic E-state index is -0.665. The molecule has 2 aromatic rings. The van der Waals surface area contributed by atoms with Crippen LogP contribution >= 0.6 is 0 Å². The Kier molecular flexibility index (Phi) is 6.06. The number of benzene rings is 2. The molecule has 1 atom stereocenters. The van der Waals surface area contributed by atoms with E-state index < -0.39 is 5.97 Å². The van der Waals surface area contributed by atoms with Crippen LogP contribution in [-0.2, 0) is 20.7 Å². The van der Waals surface area contributed by atoms with Crippen LogP contribution in [-0.4, -0.2) is 25.1 Å². The topological polar surface area (TPSA) is 88.4 Å². The Balaban J connectivity index is 1.46. The number of nitriles is 1. The molecule has 6 nitrogen and oxygen atoms in total. The molecule has 0 saturated carbocycles. The van der Waals surface area contributed by atoms with Gasteiger partial charge in [0.15, 0.2) is 13.2 Å². The molecule has 1 aliphatic rings. The highest BCUT2D eigenvalue weighted by Gasteiger charge is 2.21. The third-order valence-electron chi connectivity index (χ3n) is 4.42. The van der Waals surface area contributed by atoms with Crippen LogP contribution in [0.25, 0.3) is 0 Å². The maximum Gasteiger partial charge on any atom is 0.344 e. The van der Waals surface area contributed by atoms with Gasteiger partial charge in [-0.3, -0.25) is 4.79 Å². The summed E-state index contributed by atoms with van der Waals surface area (Å²) in [4.78, 5) is 23.9. The van der Waals surface area contributed by atoms with Gasteiger partial charge in [0.05, 0.1) is 11.6 Å². The van der Waals surface area contributed by atoms with Gasteiger partial charge in [-0.1, -0.05) is 36.4 Å². The van der Waals surface area contributed by atoms with Crippen LogP contribution in [0, 0.1) is 11.3 Å². The number of nitrogens with one attached hydrogen (secondary N) is 1. The van der Waals surface area contributed by atoms with Gasteiger partial charge in [-0.15, -0.1) is 0 Å². The maximum absolute atomic E-state index is 12.1. The second kappa shape index (κ2) is 8.86. The first-order valence-corrected chi connectivity index (χ1v) is 8.82. The lowest BCUT2D eigenvalue weighted by atomic mass is 9.88. The molecule has 0 saturated heterocycles. The second-order valence-electron chi connectivity index (χ2n) is 6.27. The first-order valence-electron chi connectivity index (χ1n) is 8.82. The molecular weight excluding hydrogens is 344 g/mol. The van der Waals surface area contributed by atoms with Crippen molar-refractivity contribution < 1.29 is 19.1 Å². The van der Waals surface area contributed by atoms with Crippen LogP contribution in [0.5, 0.6) is 5.75 Å². The van der Waals surface area contributed by atoms with Gasteiger partial charge in [-0.2, -0.15) is 5.26 Å². The van der Waals surface area contributed by atoms with Crippen LogP contribution in [0.2, 0.25) is 0 Å². The van der Waals surface area contributed by atoms with Gasteiger partial charge in [-0.25, -0.2) is 4.79 Å². The van der Waals surface area contributed by atoms with Gasteiger partial charge in [-0.05, 0) is 42.5 Å². The number of hydrogen-bond donors (Lipinski definition) is 1. The molecule has 0 spiro atoms. The van der Waals surface area contributed by atoms with E-state index >= 15 is 0 Å². The van der Waals surface area contributed by atoms with Gasteiger partial charge in [0.1, 0.15) is 11.8 Å². The molecule has 0 aliphatic heterocycles. The molecule has 0 fully saturated rings. The largest absolute Gasteiger partial charge is 0.481 e. The van der Waals surface area contributed by atoms with Crippen molar-refractivity contribution in [2.24, 2.45) is 0 Å². The Bertz CT molecular complexity index is 872. The van der Waals surface area contributed by atoms with Crippen molar-refractivity contribution >= 4 is 11.9 Å². The van der Waals surface area contributed by atoms with E-state index in [1.165, 1.54) is 5.56 Å². The summed E-state index contributed by atoms with van der Waals surface area (Å²) in [7, 11) is 0. The molecule has 27 heavy (non-hydrogen) atoms. The molecule has 6 heteroatoms. The standard InChI is InChI=1S/C21H20N2O4/c22-12-16-7-2-4-11-19(16)26-14-21(25)27-13-20(24)23-18-10-5-8-15-6-1-3-9-17(15)18/h1-4,6-7,9,11,18H,5,8,10,13-14H2,(H,23,24)/t18-/m1/s1. The number of ether oxygens (including phenoxy) is 2. The summed E-state index contributed by atoms with van der Waals surface area (Å²) in [5.41, 5.74) is 2.70. The molecule has 0 bridgehead atoms. The lowest BCUT2D eigenvalue weighted by Crippen LogP contribution is -2.34. The normalized spacial score (nSPS) is 15.1.